The van der Waals surface area contributed by atoms with Gasteiger partial charge in [-0.2, -0.15) is 0 Å². The highest BCUT2D eigenvalue weighted by Crippen LogP contribution is 2.15. The largest absolute Gasteiger partial charge is 0.359 e. The Kier molecular flexibility index (Phi) is 10.8. The number of nitrogens with one attached hydrogen (secondary N) is 2. The summed E-state index contributed by atoms with van der Waals surface area (Å²) < 4.78 is 5.36. The summed E-state index contributed by atoms with van der Waals surface area (Å²) in [6, 6.07) is 2.33. The fourth-order valence-corrected chi connectivity index (χ4v) is 2.91. The maximum absolute atomic E-state index is 11.8. The van der Waals surface area contributed by atoms with E-state index >= 15 is 0 Å². The van der Waals surface area contributed by atoms with Crippen molar-refractivity contribution in [3.8, 4) is 0 Å². The Bertz CT molecular complexity index is 624. The zero-order valence-electron chi connectivity index (χ0n) is 17.7. The van der Waals surface area contributed by atoms with Crippen molar-refractivity contribution in [2.75, 3.05) is 40.3 Å². The van der Waals surface area contributed by atoms with Gasteiger partial charge in [-0.25, -0.2) is 4.99 Å². The van der Waals surface area contributed by atoms with Crippen LogP contribution in [0, 0.1) is 0 Å². The smallest absolute Gasteiger partial charge is 0.236 e. The summed E-state index contributed by atoms with van der Waals surface area (Å²) in [5, 5.41) is 10.9. The monoisotopic (exact) mass is 506 g/mol. The Morgan fingerprint density at radius 2 is 2.07 bits per heavy atom. The van der Waals surface area contributed by atoms with Crippen LogP contribution >= 0.6 is 24.0 Å². The van der Waals surface area contributed by atoms with Crippen LogP contribution in [0.1, 0.15) is 51.0 Å². The van der Waals surface area contributed by atoms with Gasteiger partial charge in [0.1, 0.15) is 6.54 Å². The van der Waals surface area contributed by atoms with Gasteiger partial charge in [-0.1, -0.05) is 19.0 Å². The van der Waals surface area contributed by atoms with Gasteiger partial charge in [-0.05, 0) is 25.7 Å². The van der Waals surface area contributed by atoms with Crippen LogP contribution in [0.5, 0.6) is 0 Å². The molecule has 1 aliphatic rings. The predicted octanol–water partition coefficient (Wildman–Crippen LogP) is 2.02. The molecule has 0 unspecified atom stereocenters. The molecule has 2 N–H and O–H groups in total. The first-order chi connectivity index (χ1) is 12.9. The average molecular weight is 506 g/mol. The van der Waals surface area contributed by atoms with Crippen LogP contribution in [0.25, 0.3) is 0 Å². The molecular formula is C19H35IN6O2. The van der Waals surface area contributed by atoms with E-state index in [9.17, 15) is 4.79 Å². The normalized spacial score (nSPS) is 16.0. The number of piperidine rings is 1. The average Bonchev–Trinajstić information content (AvgIpc) is 3.11. The molecule has 1 fully saturated rings. The third kappa shape index (κ3) is 7.94. The van der Waals surface area contributed by atoms with Crippen LogP contribution in [-0.2, 0) is 11.3 Å². The maximum atomic E-state index is 11.8. The third-order valence-corrected chi connectivity index (χ3v) is 4.69. The molecule has 0 aliphatic carbocycles. The van der Waals surface area contributed by atoms with E-state index in [1.165, 1.54) is 0 Å². The predicted molar refractivity (Wildman–Crippen MR) is 122 cm³/mol. The van der Waals surface area contributed by atoms with Crippen LogP contribution in [0.15, 0.2) is 15.6 Å². The second-order valence-electron chi connectivity index (χ2n) is 7.55. The van der Waals surface area contributed by atoms with Gasteiger partial charge in [0.15, 0.2) is 11.7 Å². The number of aromatic nitrogens is 1. The molecule has 0 aromatic carbocycles. The molecule has 0 atom stereocenters. The van der Waals surface area contributed by atoms with Gasteiger partial charge in [0.25, 0.3) is 0 Å². The van der Waals surface area contributed by atoms with E-state index in [-0.39, 0.29) is 29.9 Å². The molecule has 0 bridgehead atoms. The lowest BCUT2D eigenvalue weighted by atomic mass is 10.1. The van der Waals surface area contributed by atoms with Gasteiger partial charge >= 0.3 is 0 Å². The molecule has 1 amide bonds. The lowest BCUT2D eigenvalue weighted by Crippen LogP contribution is -2.50. The van der Waals surface area contributed by atoms with Crippen molar-refractivity contribution >= 4 is 35.8 Å². The van der Waals surface area contributed by atoms with Crippen LogP contribution in [0.4, 0.5) is 0 Å². The summed E-state index contributed by atoms with van der Waals surface area (Å²) in [6.07, 6.45) is 1.98. The number of halogens is 1. The van der Waals surface area contributed by atoms with Crippen LogP contribution < -0.4 is 10.6 Å². The van der Waals surface area contributed by atoms with Crippen molar-refractivity contribution in [2.45, 2.75) is 52.1 Å². The van der Waals surface area contributed by atoms with Gasteiger partial charge in [0, 0.05) is 45.8 Å². The van der Waals surface area contributed by atoms with Crippen molar-refractivity contribution in [2.24, 2.45) is 4.99 Å². The van der Waals surface area contributed by atoms with Crippen LogP contribution in [0.3, 0.4) is 0 Å². The molecule has 0 radical (unpaired) electrons. The molecule has 1 aliphatic heterocycles. The number of likely N-dealkylation sites (N-methyl/N-ethyl adjacent to an activating group) is 1. The number of amides is 1. The maximum Gasteiger partial charge on any atom is 0.236 e. The summed E-state index contributed by atoms with van der Waals surface area (Å²) in [5.41, 5.74) is 0.956. The minimum Gasteiger partial charge on any atom is -0.359 e. The van der Waals surface area contributed by atoms with E-state index in [0.29, 0.717) is 25.0 Å². The minimum absolute atomic E-state index is 0. The number of hydrogen-bond donors (Lipinski definition) is 2. The molecule has 2 rings (SSSR count). The van der Waals surface area contributed by atoms with Crippen LogP contribution in [-0.4, -0.2) is 73.1 Å². The van der Waals surface area contributed by atoms with Gasteiger partial charge in [0.2, 0.25) is 5.91 Å². The topological polar surface area (TPSA) is 86.0 Å². The number of carbonyl (C=O) groups is 1. The zero-order chi connectivity index (χ0) is 19.8. The van der Waals surface area contributed by atoms with E-state index in [0.717, 1.165) is 49.9 Å². The van der Waals surface area contributed by atoms with Crippen molar-refractivity contribution in [3.63, 3.8) is 0 Å². The molecular weight excluding hydrogens is 471 g/mol. The Morgan fingerprint density at radius 3 is 2.61 bits per heavy atom. The van der Waals surface area contributed by atoms with Crippen molar-refractivity contribution in [1.82, 2.24) is 25.6 Å². The van der Waals surface area contributed by atoms with E-state index in [1.807, 2.05) is 6.07 Å². The second-order valence-corrected chi connectivity index (χ2v) is 7.55. The third-order valence-electron chi connectivity index (χ3n) is 4.69. The number of carbonyl (C=O) groups excluding carboxylic acids is 1. The summed E-state index contributed by atoms with van der Waals surface area (Å²) >= 11 is 0. The molecule has 1 aromatic rings. The Labute approximate surface area is 185 Å². The number of nitrogens with zero attached hydrogens (tertiary/aromatic N) is 4. The van der Waals surface area contributed by atoms with Gasteiger partial charge in [0.05, 0.1) is 12.2 Å². The second kappa shape index (κ2) is 12.3. The number of aliphatic imine (C=N–C) groups is 1. The minimum atomic E-state index is 0. The summed E-state index contributed by atoms with van der Waals surface area (Å²) in [6.45, 7) is 9.83. The SMILES string of the molecule is CCNC(=NCc1cc(C(C)C)no1)NC1CCN(CC(=O)N(C)C)CC1.I. The van der Waals surface area contributed by atoms with E-state index < -0.39 is 0 Å². The standard InChI is InChI=1S/C19H34N6O2.HI/c1-6-20-19(21-12-16-11-17(14(2)3)23-27-16)22-15-7-9-25(10-8-15)13-18(26)24(4)5;/h11,14-15H,6-10,12-13H2,1-5H3,(H2,20,21,22);1H. The highest BCUT2D eigenvalue weighted by molar-refractivity contribution is 14.0. The molecule has 0 spiro atoms. The van der Waals surface area contributed by atoms with E-state index in [1.54, 1.807) is 19.0 Å². The summed E-state index contributed by atoms with van der Waals surface area (Å²) in [5.74, 6) is 2.07. The summed E-state index contributed by atoms with van der Waals surface area (Å²) in [7, 11) is 3.60. The Balaban J connectivity index is 0.00000392. The fourth-order valence-electron chi connectivity index (χ4n) is 2.91. The molecule has 9 heteroatoms. The number of guanidine groups is 1. The first-order valence-electron chi connectivity index (χ1n) is 9.81. The number of hydrogen-bond acceptors (Lipinski definition) is 5. The molecule has 0 saturated carbocycles. The Hall–Kier alpha value is -1.36. The molecule has 1 saturated heterocycles. The summed E-state index contributed by atoms with van der Waals surface area (Å²) in [4.78, 5) is 20.3. The zero-order valence-corrected chi connectivity index (χ0v) is 20.0. The highest BCUT2D eigenvalue weighted by atomic mass is 127. The van der Waals surface area contributed by atoms with Gasteiger partial charge in [-0.3, -0.25) is 9.69 Å². The molecule has 160 valence electrons. The molecule has 1 aromatic heterocycles. The number of rotatable bonds is 7. The number of likely N-dealkylation sites (tertiary alicyclic amines) is 1. The first-order valence-corrected chi connectivity index (χ1v) is 9.81. The first kappa shape index (κ1) is 24.7. The molecule has 2 heterocycles. The van der Waals surface area contributed by atoms with Gasteiger partial charge < -0.3 is 20.1 Å². The van der Waals surface area contributed by atoms with E-state index in [4.69, 9.17) is 4.52 Å². The molecule has 28 heavy (non-hydrogen) atoms. The van der Waals surface area contributed by atoms with E-state index in [2.05, 4.69) is 46.5 Å². The lowest BCUT2D eigenvalue weighted by Gasteiger charge is -2.33. The lowest BCUT2D eigenvalue weighted by molar-refractivity contribution is -0.130. The van der Waals surface area contributed by atoms with Crippen molar-refractivity contribution < 1.29 is 9.32 Å². The highest BCUT2D eigenvalue weighted by Gasteiger charge is 2.22. The molecule has 8 nitrogen and oxygen atoms in total. The Morgan fingerprint density at radius 1 is 1.39 bits per heavy atom. The quantitative estimate of drug-likeness (QED) is 0.335. The fraction of sp³-hybridized carbons (Fsp3) is 0.737. The van der Waals surface area contributed by atoms with Crippen LogP contribution in [0.2, 0.25) is 0 Å². The van der Waals surface area contributed by atoms with Gasteiger partial charge in [-0.15, -0.1) is 24.0 Å². The van der Waals surface area contributed by atoms with Crippen molar-refractivity contribution in [1.29, 1.82) is 0 Å². The van der Waals surface area contributed by atoms with Crippen molar-refractivity contribution in [3.05, 3.63) is 17.5 Å².